The van der Waals surface area contributed by atoms with Crippen LogP contribution in [0, 0.1) is 0 Å². The number of rotatable bonds is 8. The number of ether oxygens (including phenoxy) is 2. The van der Waals surface area contributed by atoms with Crippen LogP contribution in [-0.2, 0) is 11.2 Å². The van der Waals surface area contributed by atoms with Crippen LogP contribution in [0.2, 0.25) is 0 Å². The maximum absolute atomic E-state index is 5.57. The summed E-state index contributed by atoms with van der Waals surface area (Å²) in [5.41, 5.74) is 7.40. The van der Waals surface area contributed by atoms with E-state index in [1.807, 2.05) is 42.5 Å². The molecular weight excluding hydrogens is 284 g/mol. The zero-order valence-corrected chi connectivity index (χ0v) is 12.5. The van der Waals surface area contributed by atoms with Crippen LogP contribution in [0.5, 0.6) is 5.75 Å². The van der Waals surface area contributed by atoms with Gasteiger partial charge in [-0.25, -0.2) is 0 Å². The summed E-state index contributed by atoms with van der Waals surface area (Å²) in [7, 11) is 0. The minimum atomic E-state index is 0.388. The lowest BCUT2D eigenvalue weighted by Gasteiger charge is -2.07. The van der Waals surface area contributed by atoms with Crippen molar-refractivity contribution in [3.63, 3.8) is 0 Å². The first-order valence-corrected chi connectivity index (χ1v) is 7.17. The van der Waals surface area contributed by atoms with Crippen LogP contribution in [0.1, 0.15) is 11.3 Å². The fourth-order valence-corrected chi connectivity index (χ4v) is 1.89. The van der Waals surface area contributed by atoms with Crippen LogP contribution < -0.4 is 10.5 Å². The zero-order chi connectivity index (χ0) is 14.9. The Balaban J connectivity index is 1.60. The van der Waals surface area contributed by atoms with E-state index in [0.29, 0.717) is 24.8 Å². The lowest BCUT2D eigenvalue weighted by atomic mass is 10.2. The van der Waals surface area contributed by atoms with Gasteiger partial charge < -0.3 is 15.2 Å². The third kappa shape index (κ3) is 5.49. The van der Waals surface area contributed by atoms with E-state index in [1.165, 1.54) is 0 Å². The van der Waals surface area contributed by atoms with E-state index >= 15 is 0 Å². The van der Waals surface area contributed by atoms with Crippen molar-refractivity contribution < 1.29 is 9.47 Å². The average Bonchev–Trinajstić information content (AvgIpc) is 2.52. The van der Waals surface area contributed by atoms with Gasteiger partial charge >= 0.3 is 0 Å². The maximum atomic E-state index is 5.57. The summed E-state index contributed by atoms with van der Waals surface area (Å²) < 4.78 is 11.1. The fourth-order valence-electron chi connectivity index (χ4n) is 1.76. The van der Waals surface area contributed by atoms with E-state index in [4.69, 9.17) is 27.4 Å². The summed E-state index contributed by atoms with van der Waals surface area (Å²) in [6, 6.07) is 13.3. The SMILES string of the molecule is NC(=S)c1ccc(OCCOCCc2ccccn2)cc1. The van der Waals surface area contributed by atoms with E-state index in [1.54, 1.807) is 6.20 Å². The molecule has 0 atom stereocenters. The Morgan fingerprint density at radius 3 is 2.52 bits per heavy atom. The third-order valence-corrected chi connectivity index (χ3v) is 3.10. The van der Waals surface area contributed by atoms with Crippen LogP contribution in [0.3, 0.4) is 0 Å². The van der Waals surface area contributed by atoms with Crippen LogP contribution in [0.15, 0.2) is 48.7 Å². The Morgan fingerprint density at radius 2 is 1.86 bits per heavy atom. The van der Waals surface area contributed by atoms with Crippen LogP contribution in [-0.4, -0.2) is 29.8 Å². The quantitative estimate of drug-likeness (QED) is 0.599. The van der Waals surface area contributed by atoms with Gasteiger partial charge in [-0.05, 0) is 36.4 Å². The highest BCUT2D eigenvalue weighted by atomic mass is 32.1. The normalized spacial score (nSPS) is 10.3. The molecule has 2 aromatic rings. The minimum absolute atomic E-state index is 0.388. The van der Waals surface area contributed by atoms with Crippen molar-refractivity contribution in [1.29, 1.82) is 0 Å². The summed E-state index contributed by atoms with van der Waals surface area (Å²) in [4.78, 5) is 4.62. The summed E-state index contributed by atoms with van der Waals surface area (Å²) in [5.74, 6) is 0.781. The van der Waals surface area contributed by atoms with Gasteiger partial charge in [0.2, 0.25) is 0 Å². The van der Waals surface area contributed by atoms with Crippen LogP contribution in [0.25, 0.3) is 0 Å². The lowest BCUT2D eigenvalue weighted by Crippen LogP contribution is -2.10. The molecule has 0 bridgehead atoms. The van der Waals surface area contributed by atoms with Gasteiger partial charge in [0, 0.05) is 23.9 Å². The van der Waals surface area contributed by atoms with Crippen LogP contribution >= 0.6 is 12.2 Å². The maximum Gasteiger partial charge on any atom is 0.119 e. The monoisotopic (exact) mass is 302 g/mol. The molecule has 110 valence electrons. The second-order valence-electron chi connectivity index (χ2n) is 4.42. The van der Waals surface area contributed by atoms with Gasteiger partial charge in [-0.1, -0.05) is 18.3 Å². The standard InChI is InChI=1S/C16H18N2O2S/c17-16(21)13-4-6-15(7-5-13)20-12-11-19-10-8-14-3-1-2-9-18-14/h1-7,9H,8,10-12H2,(H2,17,21). The van der Waals surface area contributed by atoms with Gasteiger partial charge in [-0.15, -0.1) is 0 Å². The molecule has 0 saturated carbocycles. The molecule has 0 aliphatic rings. The number of pyridine rings is 1. The smallest absolute Gasteiger partial charge is 0.119 e. The van der Waals surface area contributed by atoms with E-state index in [0.717, 1.165) is 23.4 Å². The Labute approximate surface area is 129 Å². The molecule has 1 heterocycles. The first kappa shape index (κ1) is 15.4. The van der Waals surface area contributed by atoms with Crippen molar-refractivity contribution in [2.24, 2.45) is 5.73 Å². The van der Waals surface area contributed by atoms with Gasteiger partial charge in [0.15, 0.2) is 0 Å². The Morgan fingerprint density at radius 1 is 1.05 bits per heavy atom. The highest BCUT2D eigenvalue weighted by Gasteiger charge is 1.98. The van der Waals surface area contributed by atoms with Gasteiger partial charge in [0.25, 0.3) is 0 Å². The molecular formula is C16H18N2O2S. The largest absolute Gasteiger partial charge is 0.491 e. The van der Waals surface area contributed by atoms with Crippen molar-refractivity contribution in [2.45, 2.75) is 6.42 Å². The highest BCUT2D eigenvalue weighted by Crippen LogP contribution is 2.11. The molecule has 0 aliphatic carbocycles. The van der Waals surface area contributed by atoms with E-state index in [9.17, 15) is 0 Å². The third-order valence-electron chi connectivity index (χ3n) is 2.86. The molecule has 0 amide bonds. The molecule has 0 unspecified atom stereocenters. The molecule has 2 N–H and O–H groups in total. The zero-order valence-electron chi connectivity index (χ0n) is 11.7. The van der Waals surface area contributed by atoms with Crippen molar-refractivity contribution in [2.75, 3.05) is 19.8 Å². The van der Waals surface area contributed by atoms with Crippen molar-refractivity contribution in [1.82, 2.24) is 4.98 Å². The van der Waals surface area contributed by atoms with E-state index in [2.05, 4.69) is 4.98 Å². The summed E-state index contributed by atoms with van der Waals surface area (Å²) >= 11 is 4.89. The molecule has 4 nitrogen and oxygen atoms in total. The first-order valence-electron chi connectivity index (χ1n) is 6.76. The number of benzene rings is 1. The van der Waals surface area contributed by atoms with Crippen molar-refractivity contribution in [3.05, 3.63) is 59.9 Å². The number of nitrogens with two attached hydrogens (primary N) is 1. The van der Waals surface area contributed by atoms with Crippen LogP contribution in [0.4, 0.5) is 0 Å². The molecule has 2 rings (SSSR count). The Hall–Kier alpha value is -1.98. The van der Waals surface area contributed by atoms with Crippen molar-refractivity contribution in [3.8, 4) is 5.75 Å². The van der Waals surface area contributed by atoms with E-state index < -0.39 is 0 Å². The van der Waals surface area contributed by atoms with Crippen molar-refractivity contribution >= 4 is 17.2 Å². The van der Waals surface area contributed by atoms with Gasteiger partial charge in [-0.3, -0.25) is 4.98 Å². The fraction of sp³-hybridized carbons (Fsp3) is 0.250. The van der Waals surface area contributed by atoms with Gasteiger partial charge in [0.1, 0.15) is 17.3 Å². The summed E-state index contributed by atoms with van der Waals surface area (Å²) in [5, 5.41) is 0. The molecule has 21 heavy (non-hydrogen) atoms. The number of thiocarbonyl (C=S) groups is 1. The molecule has 0 spiro atoms. The molecule has 0 radical (unpaired) electrons. The number of nitrogens with zero attached hydrogens (tertiary/aromatic N) is 1. The van der Waals surface area contributed by atoms with E-state index in [-0.39, 0.29) is 0 Å². The number of hydrogen-bond acceptors (Lipinski definition) is 4. The molecule has 5 heteroatoms. The molecule has 1 aromatic heterocycles. The van der Waals surface area contributed by atoms with Gasteiger partial charge in [-0.2, -0.15) is 0 Å². The average molecular weight is 302 g/mol. The Bertz CT molecular complexity index is 558. The van der Waals surface area contributed by atoms with Gasteiger partial charge in [0.05, 0.1) is 13.2 Å². The second kappa shape index (κ2) is 8.34. The molecule has 0 saturated heterocycles. The number of aromatic nitrogens is 1. The summed E-state index contributed by atoms with van der Waals surface area (Å²) in [6.45, 7) is 1.69. The first-order chi connectivity index (χ1) is 10.3. The topological polar surface area (TPSA) is 57.4 Å². The molecule has 0 fully saturated rings. The predicted octanol–water partition coefficient (Wildman–Crippen LogP) is 2.35. The second-order valence-corrected chi connectivity index (χ2v) is 4.86. The predicted molar refractivity (Wildman–Crippen MR) is 86.6 cm³/mol. The Kier molecular flexibility index (Phi) is 6.12. The highest BCUT2D eigenvalue weighted by molar-refractivity contribution is 7.80. The molecule has 1 aromatic carbocycles. The lowest BCUT2D eigenvalue weighted by molar-refractivity contribution is 0.102. The number of hydrogen-bond donors (Lipinski definition) is 1. The molecule has 0 aliphatic heterocycles. The minimum Gasteiger partial charge on any atom is -0.491 e. The summed E-state index contributed by atoms with van der Waals surface area (Å²) in [6.07, 6.45) is 2.60.